The van der Waals surface area contributed by atoms with E-state index in [0.29, 0.717) is 0 Å². The van der Waals surface area contributed by atoms with Gasteiger partial charge < -0.3 is 4.98 Å². The Morgan fingerprint density at radius 1 is 1.12 bits per heavy atom. The molecule has 1 aliphatic rings. The Hall–Kier alpha value is -1.81. The number of thiol groups is 1. The van der Waals surface area contributed by atoms with Gasteiger partial charge >= 0.3 is 0 Å². The number of pyridine rings is 1. The second-order valence-corrected chi connectivity index (χ2v) is 7.19. The number of aromatic amines is 1. The number of nitrogens with one attached hydrogen (secondary N) is 1. The summed E-state index contributed by atoms with van der Waals surface area (Å²) in [6.07, 6.45) is 10.0. The summed E-state index contributed by atoms with van der Waals surface area (Å²) in [6, 6.07) is 11.2. The maximum atomic E-state index is 4.72. The van der Waals surface area contributed by atoms with Gasteiger partial charge in [-0.3, -0.25) is 4.98 Å². The predicted octanol–water partition coefficient (Wildman–Crippen LogP) is 4.87. The molecule has 1 aliphatic carbocycles. The van der Waals surface area contributed by atoms with E-state index >= 15 is 0 Å². The van der Waals surface area contributed by atoms with Gasteiger partial charge in [0.15, 0.2) is 0 Å². The number of benzene rings is 1. The maximum absolute atomic E-state index is 4.72. The Balaban J connectivity index is 1.51. The van der Waals surface area contributed by atoms with Crippen LogP contribution in [0.4, 0.5) is 0 Å². The molecule has 1 fully saturated rings. The summed E-state index contributed by atoms with van der Waals surface area (Å²) in [5, 5.41) is 0. The molecule has 0 radical (unpaired) electrons. The highest BCUT2D eigenvalue weighted by molar-refractivity contribution is 7.80. The first kappa shape index (κ1) is 15.7. The lowest BCUT2D eigenvalue weighted by Gasteiger charge is -2.14. The smallest absolute Gasteiger partial charge is 0.111 e. The zero-order valence-electron chi connectivity index (χ0n) is 13.8. The Morgan fingerprint density at radius 3 is 2.62 bits per heavy atom. The van der Waals surface area contributed by atoms with E-state index in [1.807, 2.05) is 12.3 Å². The fraction of sp³-hybridized carbons (Fsp3) is 0.400. The van der Waals surface area contributed by atoms with Crippen LogP contribution in [0.25, 0.3) is 11.0 Å². The van der Waals surface area contributed by atoms with E-state index in [4.69, 9.17) is 4.98 Å². The summed E-state index contributed by atoms with van der Waals surface area (Å²) in [6.45, 7) is 0. The molecule has 2 heterocycles. The normalized spacial score (nSPS) is 16.7. The molecule has 0 aliphatic heterocycles. The third-order valence-corrected chi connectivity index (χ3v) is 5.64. The molecule has 4 rings (SSSR count). The van der Waals surface area contributed by atoms with Gasteiger partial charge in [0.2, 0.25) is 0 Å². The lowest BCUT2D eigenvalue weighted by Crippen LogP contribution is -2.07. The van der Waals surface area contributed by atoms with Crippen molar-refractivity contribution in [2.24, 2.45) is 0 Å². The van der Waals surface area contributed by atoms with E-state index in [1.54, 1.807) is 6.20 Å². The van der Waals surface area contributed by atoms with Crippen LogP contribution in [0.5, 0.6) is 0 Å². The Morgan fingerprint density at radius 2 is 1.92 bits per heavy atom. The summed E-state index contributed by atoms with van der Waals surface area (Å²) in [5.41, 5.74) is 4.84. The minimum atomic E-state index is 0.290. The van der Waals surface area contributed by atoms with Crippen LogP contribution in [0.1, 0.15) is 54.5 Å². The quantitative estimate of drug-likeness (QED) is 0.652. The van der Waals surface area contributed by atoms with Crippen LogP contribution in [0.2, 0.25) is 0 Å². The first-order valence-electron chi connectivity index (χ1n) is 8.83. The van der Waals surface area contributed by atoms with Crippen molar-refractivity contribution in [3.05, 3.63) is 59.7 Å². The standard InChI is InChI=1S/C20H23N3S/c24-13-17(20-22-18-9-10-21-12-19(18)23-20)11-14-5-7-16(8-6-14)15-3-1-2-4-15/h5-10,12,15,17,24H,1-4,11,13H2,(H,22,23)/t17-/m1/s1. The lowest BCUT2D eigenvalue weighted by molar-refractivity contribution is 0.713. The second kappa shape index (κ2) is 6.98. The van der Waals surface area contributed by atoms with Crippen molar-refractivity contribution in [2.75, 3.05) is 5.75 Å². The number of imidazole rings is 1. The minimum Gasteiger partial charge on any atom is -0.340 e. The number of H-pyrrole nitrogens is 1. The predicted molar refractivity (Wildman–Crippen MR) is 102 cm³/mol. The number of nitrogens with zero attached hydrogens (tertiary/aromatic N) is 2. The molecule has 124 valence electrons. The highest BCUT2D eigenvalue weighted by Crippen LogP contribution is 2.34. The number of aromatic nitrogens is 3. The molecule has 4 heteroatoms. The second-order valence-electron chi connectivity index (χ2n) is 6.82. The number of hydrogen-bond acceptors (Lipinski definition) is 3. The first-order chi connectivity index (χ1) is 11.8. The fourth-order valence-corrected chi connectivity index (χ4v) is 4.09. The molecule has 3 nitrogen and oxygen atoms in total. The van der Waals surface area contributed by atoms with Gasteiger partial charge in [0, 0.05) is 17.9 Å². The molecule has 1 atom stereocenters. The molecule has 1 saturated carbocycles. The minimum absolute atomic E-state index is 0.290. The van der Waals surface area contributed by atoms with Gasteiger partial charge in [0.05, 0.1) is 17.2 Å². The van der Waals surface area contributed by atoms with Crippen molar-refractivity contribution >= 4 is 23.7 Å². The molecule has 3 aromatic rings. The van der Waals surface area contributed by atoms with Gasteiger partial charge in [-0.1, -0.05) is 37.1 Å². The van der Waals surface area contributed by atoms with Crippen LogP contribution in [-0.2, 0) is 6.42 Å². The molecule has 24 heavy (non-hydrogen) atoms. The topological polar surface area (TPSA) is 41.6 Å². The Labute approximate surface area is 148 Å². The Kier molecular flexibility index (Phi) is 4.56. The summed E-state index contributed by atoms with van der Waals surface area (Å²) < 4.78 is 0. The first-order valence-corrected chi connectivity index (χ1v) is 9.46. The van der Waals surface area contributed by atoms with Crippen LogP contribution in [0.15, 0.2) is 42.7 Å². The van der Waals surface area contributed by atoms with E-state index in [0.717, 1.165) is 34.9 Å². The van der Waals surface area contributed by atoms with E-state index in [-0.39, 0.29) is 5.92 Å². The molecule has 1 N–H and O–H groups in total. The third-order valence-electron chi connectivity index (χ3n) is 5.20. The average Bonchev–Trinajstić information content (AvgIpc) is 3.29. The monoisotopic (exact) mass is 337 g/mol. The molecule has 1 aromatic carbocycles. The molecule has 0 amide bonds. The van der Waals surface area contributed by atoms with Gasteiger partial charge in [-0.15, -0.1) is 0 Å². The maximum Gasteiger partial charge on any atom is 0.111 e. The van der Waals surface area contributed by atoms with Crippen molar-refractivity contribution in [3.8, 4) is 0 Å². The van der Waals surface area contributed by atoms with Crippen LogP contribution < -0.4 is 0 Å². The van der Waals surface area contributed by atoms with E-state index in [1.165, 1.54) is 36.8 Å². The van der Waals surface area contributed by atoms with Gasteiger partial charge in [0.25, 0.3) is 0 Å². The summed E-state index contributed by atoms with van der Waals surface area (Å²) in [5.74, 6) is 2.85. The van der Waals surface area contributed by atoms with Gasteiger partial charge in [-0.2, -0.15) is 12.6 Å². The lowest BCUT2D eigenvalue weighted by atomic mass is 9.94. The molecule has 0 unspecified atom stereocenters. The average molecular weight is 337 g/mol. The molecule has 2 aromatic heterocycles. The number of rotatable bonds is 5. The molecular weight excluding hydrogens is 314 g/mol. The Bertz CT molecular complexity index is 770. The SMILES string of the molecule is SC[C@@H](Cc1ccc(C2CCCC2)cc1)c1nc2ccncc2[nH]1. The largest absolute Gasteiger partial charge is 0.340 e. The number of fused-ring (bicyclic) bond motifs is 1. The highest BCUT2D eigenvalue weighted by Gasteiger charge is 2.18. The van der Waals surface area contributed by atoms with Gasteiger partial charge in [-0.05, 0) is 42.4 Å². The zero-order chi connectivity index (χ0) is 16.4. The van der Waals surface area contributed by atoms with Crippen LogP contribution in [-0.4, -0.2) is 20.7 Å². The van der Waals surface area contributed by atoms with E-state index < -0.39 is 0 Å². The van der Waals surface area contributed by atoms with Crippen LogP contribution >= 0.6 is 12.6 Å². The zero-order valence-corrected chi connectivity index (χ0v) is 14.7. The van der Waals surface area contributed by atoms with Crippen molar-refractivity contribution in [1.29, 1.82) is 0 Å². The van der Waals surface area contributed by atoms with Crippen molar-refractivity contribution in [1.82, 2.24) is 15.0 Å². The molecular formula is C20H23N3S. The molecule has 0 spiro atoms. The van der Waals surface area contributed by atoms with Gasteiger partial charge in [0.1, 0.15) is 5.82 Å². The highest BCUT2D eigenvalue weighted by atomic mass is 32.1. The fourth-order valence-electron chi connectivity index (χ4n) is 3.79. The van der Waals surface area contributed by atoms with Gasteiger partial charge in [-0.25, -0.2) is 4.98 Å². The van der Waals surface area contributed by atoms with Crippen molar-refractivity contribution in [3.63, 3.8) is 0 Å². The summed E-state index contributed by atoms with van der Waals surface area (Å²) >= 11 is 4.55. The number of hydrogen-bond donors (Lipinski definition) is 2. The molecule has 0 bridgehead atoms. The van der Waals surface area contributed by atoms with E-state index in [2.05, 4.69) is 46.9 Å². The third kappa shape index (κ3) is 3.20. The van der Waals surface area contributed by atoms with Crippen molar-refractivity contribution in [2.45, 2.75) is 43.9 Å². The van der Waals surface area contributed by atoms with Crippen molar-refractivity contribution < 1.29 is 0 Å². The van der Waals surface area contributed by atoms with Crippen LogP contribution in [0, 0.1) is 0 Å². The summed E-state index contributed by atoms with van der Waals surface area (Å²) in [4.78, 5) is 12.3. The van der Waals surface area contributed by atoms with Crippen LogP contribution in [0.3, 0.4) is 0 Å². The summed E-state index contributed by atoms with van der Waals surface area (Å²) in [7, 11) is 0. The van der Waals surface area contributed by atoms with E-state index in [9.17, 15) is 0 Å². The molecule has 0 saturated heterocycles.